The molecule has 3 rings (SSSR count). The van der Waals surface area contributed by atoms with Gasteiger partial charge in [-0.25, -0.2) is 4.98 Å². The van der Waals surface area contributed by atoms with E-state index in [2.05, 4.69) is 21.4 Å². The van der Waals surface area contributed by atoms with Gasteiger partial charge < -0.3 is 14.6 Å². The lowest BCUT2D eigenvalue weighted by atomic mass is 10.00. The van der Waals surface area contributed by atoms with Crippen molar-refractivity contribution in [2.75, 3.05) is 18.0 Å². The smallest absolute Gasteiger partial charge is 0.205 e. The Labute approximate surface area is 95.9 Å². The van der Waals surface area contributed by atoms with Crippen LogP contribution in [0.25, 0.3) is 0 Å². The SMILES string of the molecule is CCn1ccnc1N1CC2CCC(O)C2C1. The van der Waals surface area contributed by atoms with Gasteiger partial charge in [-0.3, -0.25) is 0 Å². The van der Waals surface area contributed by atoms with Crippen LogP contribution < -0.4 is 4.90 Å². The average Bonchev–Trinajstić information content (AvgIpc) is 2.95. The van der Waals surface area contributed by atoms with Crippen LogP contribution in [0.1, 0.15) is 19.8 Å². The number of imidazole rings is 1. The summed E-state index contributed by atoms with van der Waals surface area (Å²) in [5.41, 5.74) is 0. The van der Waals surface area contributed by atoms with Crippen LogP contribution >= 0.6 is 0 Å². The summed E-state index contributed by atoms with van der Waals surface area (Å²) >= 11 is 0. The van der Waals surface area contributed by atoms with Crippen LogP contribution in [-0.4, -0.2) is 33.9 Å². The van der Waals surface area contributed by atoms with Gasteiger partial charge in [0, 0.05) is 37.9 Å². The molecule has 1 saturated carbocycles. The van der Waals surface area contributed by atoms with Crippen LogP contribution in [0.3, 0.4) is 0 Å². The quantitative estimate of drug-likeness (QED) is 0.813. The van der Waals surface area contributed by atoms with Crippen LogP contribution in [0.5, 0.6) is 0 Å². The van der Waals surface area contributed by atoms with E-state index >= 15 is 0 Å². The molecule has 0 bridgehead atoms. The van der Waals surface area contributed by atoms with Crippen molar-refractivity contribution in [2.45, 2.75) is 32.4 Å². The average molecular weight is 221 g/mol. The molecule has 4 nitrogen and oxygen atoms in total. The summed E-state index contributed by atoms with van der Waals surface area (Å²) in [5.74, 6) is 2.23. The molecule has 2 fully saturated rings. The van der Waals surface area contributed by atoms with Gasteiger partial charge in [-0.2, -0.15) is 0 Å². The normalized spacial score (nSPS) is 33.4. The van der Waals surface area contributed by atoms with Gasteiger partial charge in [0.1, 0.15) is 0 Å². The molecule has 0 amide bonds. The number of aryl methyl sites for hydroxylation is 1. The zero-order valence-corrected chi connectivity index (χ0v) is 9.71. The van der Waals surface area contributed by atoms with Gasteiger partial charge in [0.2, 0.25) is 5.95 Å². The maximum Gasteiger partial charge on any atom is 0.205 e. The Hall–Kier alpha value is -1.03. The summed E-state index contributed by atoms with van der Waals surface area (Å²) in [5, 5.41) is 9.89. The minimum absolute atomic E-state index is 0.0833. The third-order valence-electron chi connectivity index (χ3n) is 4.14. The first-order valence-electron chi connectivity index (χ1n) is 6.23. The Bertz CT molecular complexity index is 376. The van der Waals surface area contributed by atoms with Crippen molar-refractivity contribution in [3.63, 3.8) is 0 Å². The summed E-state index contributed by atoms with van der Waals surface area (Å²) < 4.78 is 2.17. The molecule has 3 unspecified atom stereocenters. The summed E-state index contributed by atoms with van der Waals surface area (Å²) in [7, 11) is 0. The zero-order valence-electron chi connectivity index (χ0n) is 9.71. The van der Waals surface area contributed by atoms with E-state index in [0.29, 0.717) is 11.8 Å². The second-order valence-corrected chi connectivity index (χ2v) is 4.99. The predicted octanol–water partition coefficient (Wildman–Crippen LogP) is 1.11. The van der Waals surface area contributed by atoms with Crippen LogP contribution in [0.4, 0.5) is 5.95 Å². The van der Waals surface area contributed by atoms with E-state index in [1.54, 1.807) is 0 Å². The van der Waals surface area contributed by atoms with Crippen molar-refractivity contribution in [3.05, 3.63) is 12.4 Å². The topological polar surface area (TPSA) is 41.3 Å². The number of anilines is 1. The summed E-state index contributed by atoms with van der Waals surface area (Å²) in [4.78, 5) is 6.76. The molecule has 4 heteroatoms. The molecular formula is C12H19N3O. The number of fused-ring (bicyclic) bond motifs is 1. The highest BCUT2D eigenvalue weighted by atomic mass is 16.3. The second kappa shape index (κ2) is 3.77. The number of hydrogen-bond donors (Lipinski definition) is 1. The van der Waals surface area contributed by atoms with Crippen molar-refractivity contribution in [1.29, 1.82) is 0 Å². The lowest BCUT2D eigenvalue weighted by molar-refractivity contribution is 0.133. The molecule has 1 saturated heterocycles. The molecule has 1 N–H and O–H groups in total. The van der Waals surface area contributed by atoms with Crippen molar-refractivity contribution in [1.82, 2.24) is 9.55 Å². The highest BCUT2D eigenvalue weighted by molar-refractivity contribution is 5.34. The molecule has 1 aromatic heterocycles. The van der Waals surface area contributed by atoms with Gasteiger partial charge in [-0.1, -0.05) is 0 Å². The minimum Gasteiger partial charge on any atom is -0.393 e. The molecule has 16 heavy (non-hydrogen) atoms. The molecule has 2 aliphatic rings. The monoisotopic (exact) mass is 221 g/mol. The fourth-order valence-electron chi connectivity index (χ4n) is 3.23. The fourth-order valence-corrected chi connectivity index (χ4v) is 3.23. The van der Waals surface area contributed by atoms with Crippen LogP contribution in [0, 0.1) is 11.8 Å². The Kier molecular flexibility index (Phi) is 2.39. The van der Waals surface area contributed by atoms with E-state index in [-0.39, 0.29) is 6.10 Å². The maximum absolute atomic E-state index is 9.89. The Morgan fingerprint density at radius 2 is 2.31 bits per heavy atom. The van der Waals surface area contributed by atoms with Crippen molar-refractivity contribution in [3.8, 4) is 0 Å². The van der Waals surface area contributed by atoms with E-state index in [0.717, 1.165) is 32.0 Å². The highest BCUT2D eigenvalue weighted by Crippen LogP contribution is 2.39. The summed E-state index contributed by atoms with van der Waals surface area (Å²) in [6.07, 6.45) is 5.98. The molecular weight excluding hydrogens is 202 g/mol. The highest BCUT2D eigenvalue weighted by Gasteiger charge is 2.42. The van der Waals surface area contributed by atoms with E-state index in [9.17, 15) is 5.11 Å². The van der Waals surface area contributed by atoms with E-state index in [1.165, 1.54) is 6.42 Å². The van der Waals surface area contributed by atoms with Gasteiger partial charge in [-0.05, 0) is 25.7 Å². The number of nitrogens with zero attached hydrogens (tertiary/aromatic N) is 3. The first kappa shape index (κ1) is 10.1. The summed E-state index contributed by atoms with van der Waals surface area (Å²) in [6, 6.07) is 0. The van der Waals surface area contributed by atoms with Crippen LogP contribution in [0.2, 0.25) is 0 Å². The lowest BCUT2D eigenvalue weighted by Crippen LogP contribution is -2.26. The number of rotatable bonds is 2. The lowest BCUT2D eigenvalue weighted by Gasteiger charge is -2.20. The third kappa shape index (κ3) is 1.44. The molecule has 0 radical (unpaired) electrons. The Balaban J connectivity index is 1.79. The third-order valence-corrected chi connectivity index (χ3v) is 4.14. The molecule has 0 aromatic carbocycles. The van der Waals surface area contributed by atoms with Gasteiger partial charge in [0.05, 0.1) is 6.10 Å². The predicted molar refractivity (Wildman–Crippen MR) is 62.3 cm³/mol. The fraction of sp³-hybridized carbons (Fsp3) is 0.750. The Morgan fingerprint density at radius 3 is 3.06 bits per heavy atom. The van der Waals surface area contributed by atoms with E-state index in [1.807, 2.05) is 12.4 Å². The zero-order chi connectivity index (χ0) is 11.1. The van der Waals surface area contributed by atoms with E-state index < -0.39 is 0 Å². The first-order chi connectivity index (χ1) is 7.79. The first-order valence-corrected chi connectivity index (χ1v) is 6.23. The number of aromatic nitrogens is 2. The largest absolute Gasteiger partial charge is 0.393 e. The Morgan fingerprint density at radius 1 is 1.44 bits per heavy atom. The molecule has 0 spiro atoms. The summed E-state index contributed by atoms with van der Waals surface area (Å²) in [6.45, 7) is 5.14. The van der Waals surface area contributed by atoms with Crippen molar-refractivity contribution >= 4 is 5.95 Å². The molecule has 2 heterocycles. The molecule has 3 atom stereocenters. The van der Waals surface area contributed by atoms with Crippen LogP contribution in [-0.2, 0) is 6.54 Å². The van der Waals surface area contributed by atoms with Crippen LogP contribution in [0.15, 0.2) is 12.4 Å². The van der Waals surface area contributed by atoms with Gasteiger partial charge >= 0.3 is 0 Å². The number of hydrogen-bond acceptors (Lipinski definition) is 3. The van der Waals surface area contributed by atoms with Crippen molar-refractivity contribution < 1.29 is 5.11 Å². The molecule has 88 valence electrons. The maximum atomic E-state index is 9.89. The van der Waals surface area contributed by atoms with E-state index in [4.69, 9.17) is 0 Å². The van der Waals surface area contributed by atoms with Gasteiger partial charge in [-0.15, -0.1) is 0 Å². The molecule has 1 aliphatic carbocycles. The standard InChI is InChI=1S/C12H19N3O/c1-2-14-6-5-13-12(14)15-7-9-3-4-11(16)10(9)8-15/h5-6,9-11,16H,2-4,7-8H2,1H3. The second-order valence-electron chi connectivity index (χ2n) is 4.99. The van der Waals surface area contributed by atoms with Gasteiger partial charge in [0.15, 0.2) is 0 Å². The molecule has 1 aromatic rings. The number of aliphatic hydroxyl groups excluding tert-OH is 1. The van der Waals surface area contributed by atoms with Gasteiger partial charge in [0.25, 0.3) is 0 Å². The van der Waals surface area contributed by atoms with Crippen molar-refractivity contribution in [2.24, 2.45) is 11.8 Å². The molecule has 1 aliphatic heterocycles. The minimum atomic E-state index is -0.0833. The number of aliphatic hydroxyl groups is 1.